The summed E-state index contributed by atoms with van der Waals surface area (Å²) < 4.78 is 0. The predicted molar refractivity (Wildman–Crippen MR) is 50.0 cm³/mol. The van der Waals surface area contributed by atoms with Gasteiger partial charge in [0, 0.05) is 13.2 Å². The van der Waals surface area contributed by atoms with E-state index in [0.717, 1.165) is 19.4 Å². The van der Waals surface area contributed by atoms with Crippen LogP contribution in [0.25, 0.3) is 0 Å². The standard InChI is InChI=1S/C9H21NO2/c1-8(7-11)4-3-5-10-6-9(2)12/h8-12H,3-7H2,1-2H3/t8?,9-/m1/s1. The summed E-state index contributed by atoms with van der Waals surface area (Å²) in [6, 6.07) is 0. The van der Waals surface area contributed by atoms with Crippen molar-refractivity contribution in [3.63, 3.8) is 0 Å². The Labute approximate surface area is 74.8 Å². The maximum atomic E-state index is 8.90. The molecule has 0 aliphatic heterocycles. The minimum absolute atomic E-state index is 0.264. The largest absolute Gasteiger partial charge is 0.396 e. The van der Waals surface area contributed by atoms with Crippen LogP contribution in [0.3, 0.4) is 0 Å². The Morgan fingerprint density at radius 3 is 2.50 bits per heavy atom. The Balaban J connectivity index is 3.00. The maximum absolute atomic E-state index is 8.90. The van der Waals surface area contributed by atoms with Crippen LogP contribution in [0.1, 0.15) is 26.7 Å². The lowest BCUT2D eigenvalue weighted by molar-refractivity contribution is 0.190. The fraction of sp³-hybridized carbons (Fsp3) is 1.00. The van der Waals surface area contributed by atoms with Crippen molar-refractivity contribution in [1.29, 1.82) is 0 Å². The summed E-state index contributed by atoms with van der Waals surface area (Å²) in [5.74, 6) is 0.401. The zero-order chi connectivity index (χ0) is 9.40. The van der Waals surface area contributed by atoms with Crippen molar-refractivity contribution in [3.8, 4) is 0 Å². The quantitative estimate of drug-likeness (QED) is 0.490. The third-order valence-corrected chi connectivity index (χ3v) is 1.80. The second-order valence-electron chi connectivity index (χ2n) is 3.48. The third-order valence-electron chi connectivity index (χ3n) is 1.80. The van der Waals surface area contributed by atoms with Crippen LogP contribution in [0.4, 0.5) is 0 Å². The average Bonchev–Trinajstić information content (AvgIpc) is 2.03. The molecule has 0 rings (SSSR count). The van der Waals surface area contributed by atoms with E-state index < -0.39 is 0 Å². The molecule has 12 heavy (non-hydrogen) atoms. The molecule has 0 bridgehead atoms. The van der Waals surface area contributed by atoms with Gasteiger partial charge in [0.25, 0.3) is 0 Å². The molecule has 0 aliphatic carbocycles. The smallest absolute Gasteiger partial charge is 0.0636 e. The molecule has 0 spiro atoms. The first-order valence-electron chi connectivity index (χ1n) is 4.66. The monoisotopic (exact) mass is 175 g/mol. The molecule has 3 nitrogen and oxygen atoms in total. The zero-order valence-electron chi connectivity index (χ0n) is 8.08. The highest BCUT2D eigenvalue weighted by atomic mass is 16.3. The number of hydrogen-bond acceptors (Lipinski definition) is 3. The van der Waals surface area contributed by atoms with Gasteiger partial charge in [0.15, 0.2) is 0 Å². The topological polar surface area (TPSA) is 52.5 Å². The van der Waals surface area contributed by atoms with Crippen LogP contribution >= 0.6 is 0 Å². The maximum Gasteiger partial charge on any atom is 0.0636 e. The van der Waals surface area contributed by atoms with Crippen LogP contribution in [-0.4, -0.2) is 36.0 Å². The first-order valence-corrected chi connectivity index (χ1v) is 4.66. The van der Waals surface area contributed by atoms with E-state index in [-0.39, 0.29) is 12.7 Å². The molecule has 2 atom stereocenters. The molecule has 0 aliphatic rings. The van der Waals surface area contributed by atoms with Crippen LogP contribution in [0.5, 0.6) is 0 Å². The van der Waals surface area contributed by atoms with Crippen molar-refractivity contribution in [2.75, 3.05) is 19.7 Å². The summed E-state index contributed by atoms with van der Waals surface area (Å²) >= 11 is 0. The Hall–Kier alpha value is -0.120. The molecule has 0 aromatic heterocycles. The molecule has 0 saturated carbocycles. The lowest BCUT2D eigenvalue weighted by Crippen LogP contribution is -2.25. The molecule has 0 saturated heterocycles. The highest BCUT2D eigenvalue weighted by Crippen LogP contribution is 2.02. The number of rotatable bonds is 7. The predicted octanol–water partition coefficient (Wildman–Crippen LogP) is 0.365. The molecular formula is C9H21NO2. The molecule has 0 aromatic rings. The fourth-order valence-electron chi connectivity index (χ4n) is 0.978. The molecule has 74 valence electrons. The van der Waals surface area contributed by atoms with E-state index >= 15 is 0 Å². The number of hydrogen-bond donors (Lipinski definition) is 3. The summed E-state index contributed by atoms with van der Waals surface area (Å²) in [5.41, 5.74) is 0. The summed E-state index contributed by atoms with van der Waals surface area (Å²) in [5, 5.41) is 20.8. The number of nitrogens with one attached hydrogen (secondary N) is 1. The van der Waals surface area contributed by atoms with E-state index in [1.54, 1.807) is 6.92 Å². The van der Waals surface area contributed by atoms with Gasteiger partial charge in [-0.25, -0.2) is 0 Å². The second kappa shape index (κ2) is 7.53. The minimum Gasteiger partial charge on any atom is -0.396 e. The first-order chi connectivity index (χ1) is 5.66. The normalized spacial score (nSPS) is 16.0. The SMILES string of the molecule is CC(CO)CCCNC[C@@H](C)O. The van der Waals surface area contributed by atoms with Crippen LogP contribution in [-0.2, 0) is 0 Å². The van der Waals surface area contributed by atoms with Crippen molar-refractivity contribution in [2.24, 2.45) is 5.92 Å². The van der Waals surface area contributed by atoms with Gasteiger partial charge in [0.2, 0.25) is 0 Å². The molecule has 1 unspecified atom stereocenters. The van der Waals surface area contributed by atoms with E-state index in [9.17, 15) is 0 Å². The highest BCUT2D eigenvalue weighted by molar-refractivity contribution is 4.55. The molecular weight excluding hydrogens is 154 g/mol. The molecule has 0 amide bonds. The summed E-state index contributed by atoms with van der Waals surface area (Å²) in [7, 11) is 0. The minimum atomic E-state index is -0.264. The van der Waals surface area contributed by atoms with Gasteiger partial charge in [0.1, 0.15) is 0 Å². The Morgan fingerprint density at radius 2 is 2.00 bits per heavy atom. The van der Waals surface area contributed by atoms with Crippen molar-refractivity contribution in [2.45, 2.75) is 32.8 Å². The van der Waals surface area contributed by atoms with E-state index in [4.69, 9.17) is 10.2 Å². The van der Waals surface area contributed by atoms with Gasteiger partial charge in [-0.15, -0.1) is 0 Å². The van der Waals surface area contributed by atoms with Gasteiger partial charge in [-0.1, -0.05) is 6.92 Å². The van der Waals surface area contributed by atoms with E-state index in [1.165, 1.54) is 0 Å². The van der Waals surface area contributed by atoms with E-state index in [0.29, 0.717) is 12.5 Å². The number of aliphatic hydroxyl groups excluding tert-OH is 2. The Bertz CT molecular complexity index is 96.5. The van der Waals surface area contributed by atoms with Gasteiger partial charge in [-0.3, -0.25) is 0 Å². The molecule has 0 heterocycles. The summed E-state index contributed by atoms with van der Waals surface area (Å²) in [6.45, 7) is 5.66. The van der Waals surface area contributed by atoms with Gasteiger partial charge in [-0.2, -0.15) is 0 Å². The van der Waals surface area contributed by atoms with Crippen molar-refractivity contribution in [3.05, 3.63) is 0 Å². The Kier molecular flexibility index (Phi) is 7.45. The third kappa shape index (κ3) is 7.98. The van der Waals surface area contributed by atoms with Crippen LogP contribution in [0.15, 0.2) is 0 Å². The first kappa shape index (κ1) is 11.9. The lowest BCUT2D eigenvalue weighted by atomic mass is 10.1. The van der Waals surface area contributed by atoms with Crippen LogP contribution in [0.2, 0.25) is 0 Å². The van der Waals surface area contributed by atoms with Crippen LogP contribution < -0.4 is 5.32 Å². The van der Waals surface area contributed by atoms with Crippen molar-refractivity contribution in [1.82, 2.24) is 5.32 Å². The van der Waals surface area contributed by atoms with E-state index in [2.05, 4.69) is 5.32 Å². The molecule has 0 aromatic carbocycles. The average molecular weight is 175 g/mol. The fourth-order valence-corrected chi connectivity index (χ4v) is 0.978. The van der Waals surface area contributed by atoms with Gasteiger partial charge < -0.3 is 15.5 Å². The lowest BCUT2D eigenvalue weighted by Gasteiger charge is -2.09. The summed E-state index contributed by atoms with van der Waals surface area (Å²) in [4.78, 5) is 0. The summed E-state index contributed by atoms with van der Waals surface area (Å²) in [6.07, 6.45) is 1.85. The van der Waals surface area contributed by atoms with E-state index in [1.807, 2.05) is 6.92 Å². The van der Waals surface area contributed by atoms with Crippen molar-refractivity contribution < 1.29 is 10.2 Å². The van der Waals surface area contributed by atoms with Gasteiger partial charge >= 0.3 is 0 Å². The number of aliphatic hydroxyl groups is 2. The molecule has 0 radical (unpaired) electrons. The van der Waals surface area contributed by atoms with Crippen LogP contribution in [0, 0.1) is 5.92 Å². The molecule has 3 N–H and O–H groups in total. The Morgan fingerprint density at radius 1 is 1.33 bits per heavy atom. The zero-order valence-corrected chi connectivity index (χ0v) is 8.08. The highest BCUT2D eigenvalue weighted by Gasteiger charge is 1.99. The molecule has 3 heteroatoms. The van der Waals surface area contributed by atoms with Crippen molar-refractivity contribution >= 4 is 0 Å². The second-order valence-corrected chi connectivity index (χ2v) is 3.48. The van der Waals surface area contributed by atoms with Gasteiger partial charge in [-0.05, 0) is 32.2 Å². The van der Waals surface area contributed by atoms with Gasteiger partial charge in [0.05, 0.1) is 6.10 Å². The molecule has 0 fully saturated rings.